The smallest absolute Gasteiger partial charge is 0.244 e. The van der Waals surface area contributed by atoms with E-state index in [2.05, 4.69) is 10.4 Å². The molecular weight excluding hydrogens is 414 g/mol. The van der Waals surface area contributed by atoms with E-state index >= 15 is 0 Å². The second-order valence-corrected chi connectivity index (χ2v) is 9.16. The highest BCUT2D eigenvalue weighted by molar-refractivity contribution is 7.89. The summed E-state index contributed by atoms with van der Waals surface area (Å²) in [5.74, 6) is -0.0285. The van der Waals surface area contributed by atoms with Crippen molar-refractivity contribution in [3.8, 4) is 11.8 Å². The number of hydrogen-bond acceptors (Lipinski definition) is 5. The molecule has 0 atom stereocenters. The SMILES string of the molecule is N#Cc1ccccc1S(=O)(=O)N1CCC(C(=O)Nc2ccn(-c3ccccc3)n2)CC1. The van der Waals surface area contributed by atoms with Crippen LogP contribution in [0.1, 0.15) is 18.4 Å². The number of carbonyl (C=O) groups is 1. The van der Waals surface area contributed by atoms with Gasteiger partial charge in [0.1, 0.15) is 6.07 Å². The van der Waals surface area contributed by atoms with Crippen LogP contribution in [0.2, 0.25) is 0 Å². The summed E-state index contributed by atoms with van der Waals surface area (Å²) in [7, 11) is -3.78. The van der Waals surface area contributed by atoms with Gasteiger partial charge in [-0.2, -0.15) is 14.7 Å². The number of nitriles is 1. The van der Waals surface area contributed by atoms with Gasteiger partial charge in [0.05, 0.1) is 16.1 Å². The first-order valence-corrected chi connectivity index (χ1v) is 11.3. The molecule has 1 aliphatic rings. The summed E-state index contributed by atoms with van der Waals surface area (Å²) in [5.41, 5.74) is 1.01. The Morgan fingerprint density at radius 2 is 1.71 bits per heavy atom. The predicted octanol–water partition coefficient (Wildman–Crippen LogP) is 2.78. The number of anilines is 1. The zero-order valence-electron chi connectivity index (χ0n) is 16.7. The summed E-state index contributed by atoms with van der Waals surface area (Å²) in [4.78, 5) is 12.7. The molecule has 1 amide bonds. The molecule has 31 heavy (non-hydrogen) atoms. The van der Waals surface area contributed by atoms with Crippen LogP contribution < -0.4 is 5.32 Å². The van der Waals surface area contributed by atoms with E-state index in [0.717, 1.165) is 5.69 Å². The van der Waals surface area contributed by atoms with Crippen molar-refractivity contribution in [1.82, 2.24) is 14.1 Å². The molecule has 0 aliphatic carbocycles. The van der Waals surface area contributed by atoms with Crippen molar-refractivity contribution < 1.29 is 13.2 Å². The van der Waals surface area contributed by atoms with Gasteiger partial charge in [0.15, 0.2) is 5.82 Å². The fourth-order valence-corrected chi connectivity index (χ4v) is 5.24. The van der Waals surface area contributed by atoms with Crippen LogP contribution in [0.3, 0.4) is 0 Å². The number of sulfonamides is 1. The standard InChI is InChI=1S/C22H21N5O3S/c23-16-18-6-4-5-9-20(18)31(29,30)26-13-10-17(11-14-26)22(28)24-21-12-15-27(25-21)19-7-2-1-3-8-19/h1-9,12,15,17H,10-11,13-14H2,(H,24,25,28). The Balaban J connectivity index is 1.38. The molecule has 0 spiro atoms. The number of piperidine rings is 1. The average molecular weight is 436 g/mol. The average Bonchev–Trinajstić information content (AvgIpc) is 3.28. The Kier molecular flexibility index (Phi) is 5.84. The number of nitrogens with zero attached hydrogens (tertiary/aromatic N) is 4. The molecule has 4 rings (SSSR count). The molecule has 1 aliphatic heterocycles. The number of carbonyl (C=O) groups excluding carboxylic acids is 1. The third-order valence-electron chi connectivity index (χ3n) is 5.31. The van der Waals surface area contributed by atoms with Crippen LogP contribution in [-0.4, -0.2) is 41.5 Å². The summed E-state index contributed by atoms with van der Waals surface area (Å²) < 4.78 is 28.9. The van der Waals surface area contributed by atoms with Crippen LogP contribution in [0.25, 0.3) is 5.69 Å². The van der Waals surface area contributed by atoms with Crippen LogP contribution in [0.4, 0.5) is 5.82 Å². The van der Waals surface area contributed by atoms with E-state index in [4.69, 9.17) is 0 Å². The fraction of sp³-hybridized carbons (Fsp3) is 0.227. The highest BCUT2D eigenvalue weighted by Crippen LogP contribution is 2.26. The minimum absolute atomic E-state index is 0.00635. The second-order valence-electron chi connectivity index (χ2n) is 7.26. The minimum atomic E-state index is -3.78. The molecule has 158 valence electrons. The molecule has 0 bridgehead atoms. The van der Waals surface area contributed by atoms with Crippen molar-refractivity contribution in [2.75, 3.05) is 18.4 Å². The maximum absolute atomic E-state index is 12.9. The van der Waals surface area contributed by atoms with E-state index in [9.17, 15) is 18.5 Å². The van der Waals surface area contributed by atoms with Gasteiger partial charge in [-0.25, -0.2) is 13.1 Å². The molecular formula is C22H21N5O3S. The molecule has 1 N–H and O–H groups in total. The van der Waals surface area contributed by atoms with E-state index in [1.54, 1.807) is 29.1 Å². The quantitative estimate of drug-likeness (QED) is 0.663. The topological polar surface area (TPSA) is 108 Å². The van der Waals surface area contributed by atoms with Gasteiger partial charge in [0.25, 0.3) is 0 Å². The number of rotatable bonds is 5. The maximum Gasteiger partial charge on any atom is 0.244 e. The van der Waals surface area contributed by atoms with Gasteiger partial charge >= 0.3 is 0 Å². The van der Waals surface area contributed by atoms with E-state index in [-0.39, 0.29) is 35.4 Å². The monoisotopic (exact) mass is 435 g/mol. The van der Waals surface area contributed by atoms with Crippen LogP contribution in [0.15, 0.2) is 71.8 Å². The summed E-state index contributed by atoms with van der Waals surface area (Å²) in [6, 6.07) is 19.4. The molecule has 1 fully saturated rings. The summed E-state index contributed by atoms with van der Waals surface area (Å²) in [5, 5.41) is 16.4. The zero-order valence-corrected chi connectivity index (χ0v) is 17.5. The summed E-state index contributed by atoms with van der Waals surface area (Å²) in [6.07, 6.45) is 2.57. The Bertz CT molecular complexity index is 1220. The van der Waals surface area contributed by atoms with Crippen LogP contribution in [-0.2, 0) is 14.8 Å². The van der Waals surface area contributed by atoms with Crippen molar-refractivity contribution >= 4 is 21.7 Å². The first-order valence-electron chi connectivity index (χ1n) is 9.90. The molecule has 2 aromatic carbocycles. The lowest BCUT2D eigenvalue weighted by Crippen LogP contribution is -2.41. The molecule has 0 unspecified atom stereocenters. The Morgan fingerprint density at radius 3 is 2.42 bits per heavy atom. The summed E-state index contributed by atoms with van der Waals surface area (Å²) >= 11 is 0. The fourth-order valence-electron chi connectivity index (χ4n) is 3.62. The molecule has 3 aromatic rings. The van der Waals surface area contributed by atoms with Crippen LogP contribution in [0, 0.1) is 17.2 Å². The number of nitrogens with one attached hydrogen (secondary N) is 1. The molecule has 1 saturated heterocycles. The van der Waals surface area contributed by atoms with Crippen molar-refractivity contribution in [3.05, 3.63) is 72.4 Å². The van der Waals surface area contributed by atoms with Gasteiger partial charge in [-0.3, -0.25) is 4.79 Å². The molecule has 2 heterocycles. The zero-order chi connectivity index (χ0) is 21.8. The first-order chi connectivity index (χ1) is 15.0. The lowest BCUT2D eigenvalue weighted by atomic mass is 9.97. The van der Waals surface area contributed by atoms with Crippen molar-refractivity contribution in [2.24, 2.45) is 5.92 Å². The highest BCUT2D eigenvalue weighted by Gasteiger charge is 2.33. The Morgan fingerprint density at radius 1 is 1.03 bits per heavy atom. The highest BCUT2D eigenvalue weighted by atomic mass is 32.2. The van der Waals surface area contributed by atoms with Gasteiger partial charge in [-0.05, 0) is 37.1 Å². The van der Waals surface area contributed by atoms with Gasteiger partial charge in [0.2, 0.25) is 15.9 Å². The number of amides is 1. The lowest BCUT2D eigenvalue weighted by molar-refractivity contribution is -0.120. The van der Waals surface area contributed by atoms with Gasteiger partial charge < -0.3 is 5.32 Å². The van der Waals surface area contributed by atoms with Crippen LogP contribution >= 0.6 is 0 Å². The lowest BCUT2D eigenvalue weighted by Gasteiger charge is -2.30. The van der Waals surface area contributed by atoms with Gasteiger partial charge in [0, 0.05) is 31.3 Å². The molecule has 9 heteroatoms. The number of hydrogen-bond donors (Lipinski definition) is 1. The van der Waals surface area contributed by atoms with E-state index < -0.39 is 10.0 Å². The Hall–Kier alpha value is -3.48. The molecule has 1 aromatic heterocycles. The largest absolute Gasteiger partial charge is 0.309 e. The summed E-state index contributed by atoms with van der Waals surface area (Å²) in [6.45, 7) is 0.442. The third-order valence-corrected chi connectivity index (χ3v) is 7.27. The van der Waals surface area contributed by atoms with Crippen molar-refractivity contribution in [1.29, 1.82) is 5.26 Å². The van der Waals surface area contributed by atoms with Crippen LogP contribution in [0.5, 0.6) is 0 Å². The van der Waals surface area contributed by atoms with E-state index in [0.29, 0.717) is 18.7 Å². The van der Waals surface area contributed by atoms with E-state index in [1.165, 1.54) is 16.4 Å². The van der Waals surface area contributed by atoms with Gasteiger partial charge in [-0.15, -0.1) is 0 Å². The second kappa shape index (κ2) is 8.71. The van der Waals surface area contributed by atoms with Crippen molar-refractivity contribution in [2.45, 2.75) is 17.7 Å². The molecule has 0 saturated carbocycles. The van der Waals surface area contributed by atoms with Crippen molar-refractivity contribution in [3.63, 3.8) is 0 Å². The van der Waals surface area contributed by atoms with Gasteiger partial charge in [-0.1, -0.05) is 30.3 Å². The first kappa shape index (κ1) is 20.8. The normalized spacial score (nSPS) is 15.3. The number of para-hydroxylation sites is 1. The number of benzene rings is 2. The molecule has 8 nitrogen and oxygen atoms in total. The molecule has 0 radical (unpaired) electrons. The minimum Gasteiger partial charge on any atom is -0.309 e. The van der Waals surface area contributed by atoms with E-state index in [1.807, 2.05) is 36.4 Å². The predicted molar refractivity (Wildman–Crippen MR) is 115 cm³/mol. The number of aromatic nitrogens is 2. The Labute approximate surface area is 180 Å². The maximum atomic E-state index is 12.9. The third kappa shape index (κ3) is 4.35.